The average Bonchev–Trinajstić information content (AvgIpc) is 2.14. The number of nitro benzene ring substituents is 1. The molecule has 0 aromatic heterocycles. The highest BCUT2D eigenvalue weighted by Gasteiger charge is 2.17. The molecule has 0 heterocycles. The van der Waals surface area contributed by atoms with Crippen LogP contribution in [0.15, 0.2) is 15.0 Å². The Hall–Kier alpha value is -0.950. The fraction of sp³-hybridized carbons (Fsp3) is 0. The third-order valence-corrected chi connectivity index (χ3v) is 3.59. The van der Waals surface area contributed by atoms with Crippen molar-refractivity contribution in [2.75, 3.05) is 0 Å². The van der Waals surface area contributed by atoms with Crippen LogP contribution in [-0.2, 0) is 0 Å². The average molecular weight is 324 g/mol. The van der Waals surface area contributed by atoms with E-state index in [-0.39, 0.29) is 26.5 Å². The third-order valence-electron chi connectivity index (χ3n) is 1.50. The van der Waals surface area contributed by atoms with Gasteiger partial charge in [-0.05, 0) is 31.9 Å². The molecule has 0 bridgehead atoms. The van der Waals surface area contributed by atoms with E-state index in [4.69, 9.17) is 0 Å². The maximum Gasteiger partial charge on any atom is 0.285 e. The molecule has 0 unspecified atom stereocenters. The van der Waals surface area contributed by atoms with Crippen LogP contribution in [0.25, 0.3) is 0 Å². The monoisotopic (exact) mass is 322 g/mol. The minimum absolute atomic E-state index is 0.0196. The van der Waals surface area contributed by atoms with Crippen LogP contribution in [0.2, 0.25) is 0 Å². The zero-order valence-corrected chi connectivity index (χ0v) is 9.66. The first kappa shape index (κ1) is 11.1. The number of carbonyl (C=O) groups excluding carboxylic acids is 1. The van der Waals surface area contributed by atoms with E-state index in [1.165, 1.54) is 0 Å². The lowest BCUT2D eigenvalue weighted by atomic mass is 10.2. The molecule has 14 heavy (non-hydrogen) atoms. The van der Waals surface area contributed by atoms with Crippen LogP contribution < -0.4 is 5.11 Å². The van der Waals surface area contributed by atoms with Crippen molar-refractivity contribution in [2.24, 2.45) is 0 Å². The van der Waals surface area contributed by atoms with Crippen molar-refractivity contribution in [1.82, 2.24) is 0 Å². The molecule has 74 valence electrons. The van der Waals surface area contributed by atoms with Crippen LogP contribution in [0, 0.1) is 10.1 Å². The molecular formula is C7H2Br2NO4-. The minimum atomic E-state index is -0.679. The molecule has 0 saturated carbocycles. The normalized spacial score (nSPS) is 9.86. The fourth-order valence-corrected chi connectivity index (χ4v) is 1.71. The van der Waals surface area contributed by atoms with Gasteiger partial charge in [0, 0.05) is 16.1 Å². The maximum absolute atomic E-state index is 11.3. The predicted octanol–water partition coefficient (Wildman–Crippen LogP) is 2.01. The van der Waals surface area contributed by atoms with Gasteiger partial charge in [-0.25, -0.2) is 0 Å². The number of benzene rings is 1. The largest absolute Gasteiger partial charge is 0.871 e. The van der Waals surface area contributed by atoms with Crippen molar-refractivity contribution in [3.05, 3.63) is 30.7 Å². The van der Waals surface area contributed by atoms with E-state index >= 15 is 0 Å². The van der Waals surface area contributed by atoms with Gasteiger partial charge in [-0.1, -0.05) is 5.75 Å². The Morgan fingerprint density at radius 3 is 2.36 bits per heavy atom. The summed E-state index contributed by atoms with van der Waals surface area (Å²) in [5.41, 5.74) is -0.564. The molecule has 1 aromatic rings. The number of aldehydes is 1. The second-order valence-corrected chi connectivity index (χ2v) is 3.90. The van der Waals surface area contributed by atoms with Crippen molar-refractivity contribution in [3.63, 3.8) is 0 Å². The van der Waals surface area contributed by atoms with Gasteiger partial charge in [0.25, 0.3) is 5.69 Å². The smallest absolute Gasteiger partial charge is 0.285 e. The Labute approximate surface area is 95.1 Å². The summed E-state index contributed by atoms with van der Waals surface area (Å²) >= 11 is 5.76. The van der Waals surface area contributed by atoms with E-state index in [1.807, 2.05) is 0 Å². The second kappa shape index (κ2) is 4.05. The maximum atomic E-state index is 11.3. The zero-order valence-electron chi connectivity index (χ0n) is 6.49. The van der Waals surface area contributed by atoms with Gasteiger partial charge in [0.15, 0.2) is 0 Å². The Morgan fingerprint density at radius 2 is 1.93 bits per heavy atom. The first-order valence-corrected chi connectivity index (χ1v) is 4.86. The van der Waals surface area contributed by atoms with Gasteiger partial charge in [0.05, 0.1) is 4.92 Å². The number of hydrogen-bond acceptors (Lipinski definition) is 4. The number of halogens is 2. The Morgan fingerprint density at radius 1 is 1.36 bits per heavy atom. The predicted molar refractivity (Wildman–Crippen MR) is 53.3 cm³/mol. The third kappa shape index (κ3) is 1.78. The number of hydrogen-bond donors (Lipinski definition) is 0. The summed E-state index contributed by atoms with van der Waals surface area (Å²) in [5, 5.41) is 21.8. The van der Waals surface area contributed by atoms with E-state index in [9.17, 15) is 20.0 Å². The number of rotatable bonds is 2. The molecule has 0 radical (unpaired) electrons. The standard InChI is InChI=1S/C7H3Br2NO4/c8-5-4(10(13)14)1-3(2-11)7(12)6(5)9/h1-2,12H/p-1. The van der Waals surface area contributed by atoms with Gasteiger partial charge in [0.2, 0.25) is 0 Å². The molecule has 0 amide bonds. The van der Waals surface area contributed by atoms with Crippen LogP contribution >= 0.6 is 31.9 Å². The minimum Gasteiger partial charge on any atom is -0.871 e. The summed E-state index contributed by atoms with van der Waals surface area (Å²) in [7, 11) is 0. The van der Waals surface area contributed by atoms with Crippen molar-refractivity contribution in [2.45, 2.75) is 0 Å². The van der Waals surface area contributed by atoms with Gasteiger partial charge in [-0.3, -0.25) is 14.9 Å². The molecular weight excluding hydrogens is 322 g/mol. The SMILES string of the molecule is O=Cc1cc([N+](=O)[O-])c(Br)c(Br)c1[O-]. The van der Waals surface area contributed by atoms with Crippen molar-refractivity contribution < 1.29 is 14.8 Å². The van der Waals surface area contributed by atoms with Gasteiger partial charge in [-0.15, -0.1) is 0 Å². The quantitative estimate of drug-likeness (QED) is 0.473. The summed E-state index contributed by atoms with van der Waals surface area (Å²) in [4.78, 5) is 20.2. The molecule has 5 nitrogen and oxygen atoms in total. The first-order chi connectivity index (χ1) is 6.49. The molecule has 1 aromatic carbocycles. The highest BCUT2D eigenvalue weighted by molar-refractivity contribution is 9.13. The Kier molecular flexibility index (Phi) is 3.22. The van der Waals surface area contributed by atoms with E-state index in [0.717, 1.165) is 6.07 Å². The summed E-state index contributed by atoms with van der Waals surface area (Å²) in [6, 6.07) is 0.935. The van der Waals surface area contributed by atoms with E-state index in [0.29, 0.717) is 0 Å². The summed E-state index contributed by atoms with van der Waals surface area (Å²) in [5.74, 6) is -0.572. The molecule has 0 saturated heterocycles. The molecule has 0 N–H and O–H groups in total. The number of carbonyl (C=O) groups is 1. The molecule has 0 aliphatic carbocycles. The molecule has 1 rings (SSSR count). The van der Waals surface area contributed by atoms with Gasteiger partial charge in [-0.2, -0.15) is 0 Å². The van der Waals surface area contributed by atoms with Crippen LogP contribution in [0.5, 0.6) is 5.75 Å². The van der Waals surface area contributed by atoms with E-state index < -0.39 is 10.7 Å². The zero-order chi connectivity index (χ0) is 10.9. The summed E-state index contributed by atoms with van der Waals surface area (Å²) < 4.78 is 0.0203. The van der Waals surface area contributed by atoms with Crippen LogP contribution in [0.1, 0.15) is 10.4 Å². The number of nitrogens with zero attached hydrogens (tertiary/aromatic N) is 1. The molecule has 0 fully saturated rings. The Bertz CT molecular complexity index is 419. The fourth-order valence-electron chi connectivity index (χ4n) is 0.835. The highest BCUT2D eigenvalue weighted by atomic mass is 79.9. The lowest BCUT2D eigenvalue weighted by molar-refractivity contribution is -0.386. The van der Waals surface area contributed by atoms with Gasteiger partial charge >= 0.3 is 0 Å². The van der Waals surface area contributed by atoms with Gasteiger partial charge in [0.1, 0.15) is 10.8 Å². The molecule has 0 aliphatic rings. The lowest BCUT2D eigenvalue weighted by Crippen LogP contribution is -2.00. The second-order valence-electron chi connectivity index (χ2n) is 2.32. The summed E-state index contributed by atoms with van der Waals surface area (Å²) in [6.07, 6.45) is 0.284. The van der Waals surface area contributed by atoms with E-state index in [2.05, 4.69) is 31.9 Å². The van der Waals surface area contributed by atoms with Crippen LogP contribution in [-0.4, -0.2) is 11.2 Å². The first-order valence-electron chi connectivity index (χ1n) is 3.27. The molecule has 7 heteroatoms. The Balaban J connectivity index is 3.56. The highest BCUT2D eigenvalue weighted by Crippen LogP contribution is 2.39. The van der Waals surface area contributed by atoms with Crippen LogP contribution in [0.3, 0.4) is 0 Å². The van der Waals surface area contributed by atoms with Crippen molar-refractivity contribution >= 4 is 43.8 Å². The molecule has 0 atom stereocenters. The van der Waals surface area contributed by atoms with Gasteiger partial charge < -0.3 is 5.11 Å². The van der Waals surface area contributed by atoms with Crippen LogP contribution in [0.4, 0.5) is 5.69 Å². The lowest BCUT2D eigenvalue weighted by Gasteiger charge is -2.12. The molecule has 0 aliphatic heterocycles. The topological polar surface area (TPSA) is 83.3 Å². The number of nitro groups is 1. The van der Waals surface area contributed by atoms with E-state index in [1.54, 1.807) is 0 Å². The van der Waals surface area contributed by atoms with Crippen molar-refractivity contribution in [3.8, 4) is 5.75 Å². The van der Waals surface area contributed by atoms with Crippen molar-refractivity contribution in [1.29, 1.82) is 0 Å². The molecule has 0 spiro atoms. The summed E-state index contributed by atoms with van der Waals surface area (Å²) in [6.45, 7) is 0.